The van der Waals surface area contributed by atoms with E-state index in [1.54, 1.807) is 12.1 Å². The van der Waals surface area contributed by atoms with Crippen LogP contribution in [0.5, 0.6) is 5.75 Å². The molecule has 0 saturated heterocycles. The number of amides is 4. The smallest absolute Gasteiger partial charge is 0.405 e. The zero-order chi connectivity index (χ0) is 38.1. The molecule has 2 aromatic carbocycles. The quantitative estimate of drug-likeness (QED) is 0.130. The van der Waals surface area contributed by atoms with E-state index in [4.69, 9.17) is 27.9 Å². The molecule has 4 N–H and O–H groups in total. The maximum atomic E-state index is 14.9. The second-order valence-corrected chi connectivity index (χ2v) is 12.2. The van der Waals surface area contributed by atoms with Gasteiger partial charge in [0.2, 0.25) is 17.6 Å². The van der Waals surface area contributed by atoms with Crippen LogP contribution in [0.1, 0.15) is 41.5 Å². The van der Waals surface area contributed by atoms with E-state index in [1.807, 2.05) is 0 Å². The fourth-order valence-corrected chi connectivity index (χ4v) is 4.87. The minimum atomic E-state index is -5.04. The third kappa shape index (κ3) is 11.3. The Morgan fingerprint density at radius 1 is 0.843 bits per heavy atom. The van der Waals surface area contributed by atoms with Gasteiger partial charge in [0.1, 0.15) is 30.1 Å². The topological polar surface area (TPSA) is 156 Å². The molecule has 274 valence electrons. The zero-order valence-corrected chi connectivity index (χ0v) is 28.6. The molecule has 3 atom stereocenters. The number of rotatable bonds is 15. The van der Waals surface area contributed by atoms with Crippen LogP contribution in [-0.4, -0.2) is 72.2 Å². The SMILES string of the molecule is COc1ccc(C(NC(=O)C(Cc2ccc(Cl)c(Cl)c2)NC(=O)c2ccccn2)C(=O)NC(C(=O)C(F)(F)C(=O)NCC(F)(F)F)C(C)C)cc1. The number of benzene rings is 2. The van der Waals surface area contributed by atoms with E-state index < -0.39 is 72.1 Å². The van der Waals surface area contributed by atoms with Crippen LogP contribution in [0.25, 0.3) is 0 Å². The summed E-state index contributed by atoms with van der Waals surface area (Å²) < 4.78 is 72.5. The Labute approximate surface area is 298 Å². The third-order valence-electron chi connectivity index (χ3n) is 7.23. The molecule has 3 rings (SSSR count). The van der Waals surface area contributed by atoms with Crippen molar-refractivity contribution in [3.05, 3.63) is 93.7 Å². The molecule has 1 heterocycles. The lowest BCUT2D eigenvalue weighted by Gasteiger charge is -2.28. The number of halogens is 7. The number of ketones is 1. The number of pyridine rings is 1. The van der Waals surface area contributed by atoms with E-state index in [0.29, 0.717) is 11.3 Å². The minimum absolute atomic E-state index is 0.0487. The largest absolute Gasteiger partial charge is 0.497 e. The Hall–Kier alpha value is -4.83. The summed E-state index contributed by atoms with van der Waals surface area (Å²) in [4.78, 5) is 69.6. The van der Waals surface area contributed by atoms with E-state index in [-0.39, 0.29) is 27.7 Å². The lowest BCUT2D eigenvalue weighted by molar-refractivity contribution is -0.165. The summed E-state index contributed by atoms with van der Waals surface area (Å²) in [5.41, 5.74) is 0.454. The lowest BCUT2D eigenvalue weighted by atomic mass is 9.94. The Morgan fingerprint density at radius 3 is 2.06 bits per heavy atom. The van der Waals surface area contributed by atoms with Crippen molar-refractivity contribution in [1.82, 2.24) is 26.3 Å². The summed E-state index contributed by atoms with van der Waals surface area (Å²) in [6.07, 6.45) is -3.88. The van der Waals surface area contributed by atoms with Crippen LogP contribution in [0, 0.1) is 5.92 Å². The summed E-state index contributed by atoms with van der Waals surface area (Å²) in [6, 6.07) is 9.26. The molecule has 0 fully saturated rings. The van der Waals surface area contributed by atoms with Gasteiger partial charge in [0, 0.05) is 12.6 Å². The summed E-state index contributed by atoms with van der Waals surface area (Å²) in [5.74, 6) is -13.4. The van der Waals surface area contributed by atoms with Gasteiger partial charge in [-0.15, -0.1) is 0 Å². The van der Waals surface area contributed by atoms with Crippen molar-refractivity contribution >= 4 is 52.6 Å². The third-order valence-corrected chi connectivity index (χ3v) is 7.97. The number of carbonyl (C=O) groups excluding carboxylic acids is 5. The van der Waals surface area contributed by atoms with Crippen LogP contribution in [0.4, 0.5) is 22.0 Å². The van der Waals surface area contributed by atoms with E-state index in [0.717, 1.165) is 5.32 Å². The van der Waals surface area contributed by atoms with Gasteiger partial charge in [-0.3, -0.25) is 29.0 Å². The molecular weight excluding hydrogens is 728 g/mol. The van der Waals surface area contributed by atoms with Crippen LogP contribution < -0.4 is 26.0 Å². The number of hydrogen-bond donors (Lipinski definition) is 4. The fraction of sp³-hybridized carbons (Fsp3) is 0.333. The normalized spacial score (nSPS) is 13.4. The molecule has 0 aliphatic rings. The Balaban J connectivity index is 1.97. The van der Waals surface area contributed by atoms with Crippen molar-refractivity contribution < 1.29 is 50.7 Å². The molecule has 0 spiro atoms. The first-order valence-corrected chi connectivity index (χ1v) is 15.8. The monoisotopic (exact) mass is 759 g/mol. The molecule has 4 amide bonds. The summed E-state index contributed by atoms with van der Waals surface area (Å²) in [7, 11) is 1.36. The number of carbonyl (C=O) groups is 5. The number of alkyl halides is 5. The zero-order valence-electron chi connectivity index (χ0n) is 27.1. The number of nitrogens with zero attached hydrogens (tertiary/aromatic N) is 1. The highest BCUT2D eigenvalue weighted by molar-refractivity contribution is 6.42. The Bertz CT molecular complexity index is 1730. The highest BCUT2D eigenvalue weighted by Crippen LogP contribution is 2.25. The van der Waals surface area contributed by atoms with Gasteiger partial charge in [-0.25, -0.2) is 0 Å². The summed E-state index contributed by atoms with van der Waals surface area (Å²) >= 11 is 12.2. The van der Waals surface area contributed by atoms with Crippen LogP contribution >= 0.6 is 23.2 Å². The number of Topliss-reactive ketones (excluding diaryl/α,β-unsaturated/α-hetero) is 1. The van der Waals surface area contributed by atoms with Crippen LogP contribution in [0.2, 0.25) is 10.0 Å². The Morgan fingerprint density at radius 2 is 1.51 bits per heavy atom. The van der Waals surface area contributed by atoms with Crippen molar-refractivity contribution in [2.24, 2.45) is 5.92 Å². The predicted octanol–water partition coefficient (Wildman–Crippen LogP) is 4.62. The molecule has 3 unspecified atom stereocenters. The first-order valence-electron chi connectivity index (χ1n) is 15.0. The highest BCUT2D eigenvalue weighted by Gasteiger charge is 2.52. The number of hydrogen-bond acceptors (Lipinski definition) is 7. The summed E-state index contributed by atoms with van der Waals surface area (Å²) in [5, 5.41) is 8.45. The molecule has 0 bridgehead atoms. The van der Waals surface area contributed by atoms with Gasteiger partial charge in [0.05, 0.1) is 23.2 Å². The fourth-order valence-electron chi connectivity index (χ4n) is 4.55. The number of ether oxygens (including phenoxy) is 1. The van der Waals surface area contributed by atoms with Gasteiger partial charge >= 0.3 is 12.1 Å². The minimum Gasteiger partial charge on any atom is -0.497 e. The number of methoxy groups -OCH3 is 1. The Kier molecular flexibility index (Phi) is 13.8. The molecule has 51 heavy (non-hydrogen) atoms. The summed E-state index contributed by atoms with van der Waals surface area (Å²) in [6.45, 7) is 0.362. The average Bonchev–Trinajstić information content (AvgIpc) is 3.09. The van der Waals surface area contributed by atoms with Crippen molar-refractivity contribution in [3.8, 4) is 5.75 Å². The molecule has 18 heteroatoms. The molecule has 0 aliphatic carbocycles. The first-order chi connectivity index (χ1) is 23.8. The second kappa shape index (κ2) is 17.4. The lowest BCUT2D eigenvalue weighted by Crippen LogP contribution is -2.58. The van der Waals surface area contributed by atoms with Gasteiger partial charge in [-0.1, -0.05) is 61.3 Å². The number of aromatic nitrogens is 1. The highest BCUT2D eigenvalue weighted by atomic mass is 35.5. The molecule has 0 saturated carbocycles. The molecule has 0 aliphatic heterocycles. The average molecular weight is 761 g/mol. The predicted molar refractivity (Wildman–Crippen MR) is 175 cm³/mol. The second-order valence-electron chi connectivity index (χ2n) is 11.4. The molecular formula is C33H32Cl2F5N5O6. The standard InChI is InChI=1S/C33H32Cl2F5N5O6/c1-17(2)25(27(46)33(39,40)31(50)42-16-32(36,37)38)44-30(49)26(19-8-10-20(51-3)11-9-19)45-29(48)24(15-18-7-12-21(34)22(35)14-18)43-28(47)23-6-4-5-13-41-23/h4-14,17,24-26H,15-16H2,1-3H3,(H,42,50)(H,43,47)(H,44,49)(H,45,48). The van der Waals surface area contributed by atoms with Crippen molar-refractivity contribution in [1.29, 1.82) is 0 Å². The van der Waals surface area contributed by atoms with Crippen molar-refractivity contribution in [3.63, 3.8) is 0 Å². The van der Waals surface area contributed by atoms with Crippen LogP contribution in [0.3, 0.4) is 0 Å². The van der Waals surface area contributed by atoms with Gasteiger partial charge in [-0.05, 0) is 53.4 Å². The molecule has 1 aromatic heterocycles. The molecule has 11 nitrogen and oxygen atoms in total. The van der Waals surface area contributed by atoms with Crippen LogP contribution in [-0.2, 0) is 25.6 Å². The van der Waals surface area contributed by atoms with E-state index in [2.05, 4.69) is 20.9 Å². The van der Waals surface area contributed by atoms with Gasteiger partial charge in [0.15, 0.2) is 0 Å². The molecule has 3 aromatic rings. The van der Waals surface area contributed by atoms with Gasteiger partial charge < -0.3 is 26.0 Å². The van der Waals surface area contributed by atoms with Crippen LogP contribution in [0.15, 0.2) is 66.9 Å². The van der Waals surface area contributed by atoms with Crippen molar-refractivity contribution in [2.45, 2.75) is 50.5 Å². The van der Waals surface area contributed by atoms with E-state index >= 15 is 0 Å². The molecule has 0 radical (unpaired) electrons. The van der Waals surface area contributed by atoms with E-state index in [1.165, 1.54) is 75.7 Å². The van der Waals surface area contributed by atoms with Gasteiger partial charge in [0.25, 0.3) is 11.8 Å². The maximum absolute atomic E-state index is 14.9. The van der Waals surface area contributed by atoms with Crippen molar-refractivity contribution in [2.75, 3.05) is 13.7 Å². The van der Waals surface area contributed by atoms with E-state index in [9.17, 15) is 45.9 Å². The maximum Gasteiger partial charge on any atom is 0.405 e. The first kappa shape index (κ1) is 40.6. The number of nitrogens with one attached hydrogen (secondary N) is 4. The van der Waals surface area contributed by atoms with Gasteiger partial charge in [-0.2, -0.15) is 22.0 Å².